The van der Waals surface area contributed by atoms with Gasteiger partial charge in [0.1, 0.15) is 0 Å². The Morgan fingerprint density at radius 3 is 2.80 bits per heavy atom. The lowest BCUT2D eigenvalue weighted by atomic mass is 9.96. The van der Waals surface area contributed by atoms with Gasteiger partial charge in [0, 0.05) is 12.6 Å². The average Bonchev–Trinajstić information content (AvgIpc) is 2.67. The first-order chi connectivity index (χ1) is 7.25. The summed E-state index contributed by atoms with van der Waals surface area (Å²) in [6.45, 7) is 0.891. The zero-order valence-corrected chi connectivity index (χ0v) is 8.52. The van der Waals surface area contributed by atoms with Crippen LogP contribution in [0.5, 0.6) is 0 Å². The van der Waals surface area contributed by atoms with Gasteiger partial charge in [0.2, 0.25) is 0 Å². The number of nitrogens with one attached hydrogen (secondary N) is 1. The van der Waals surface area contributed by atoms with Crippen LogP contribution in [0.25, 0.3) is 0 Å². The second-order valence-electron chi connectivity index (χ2n) is 4.05. The van der Waals surface area contributed by atoms with Crippen molar-refractivity contribution >= 4 is 5.97 Å². The van der Waals surface area contributed by atoms with E-state index in [0.29, 0.717) is 5.92 Å². The van der Waals surface area contributed by atoms with Gasteiger partial charge in [0.15, 0.2) is 0 Å². The van der Waals surface area contributed by atoms with E-state index in [4.69, 9.17) is 5.11 Å². The number of carboxylic acid groups (broad SMARTS) is 1. The largest absolute Gasteiger partial charge is 0.481 e. The highest BCUT2D eigenvalue weighted by Crippen LogP contribution is 2.26. The first-order valence-electron chi connectivity index (χ1n) is 5.26. The van der Waals surface area contributed by atoms with Crippen LogP contribution in [-0.4, -0.2) is 23.7 Å². The Morgan fingerprint density at radius 1 is 1.40 bits per heavy atom. The summed E-state index contributed by atoms with van der Waals surface area (Å²) in [5, 5.41) is 11.9. The summed E-state index contributed by atoms with van der Waals surface area (Å²) in [6.07, 6.45) is 1.15. The molecule has 1 aromatic rings. The summed E-state index contributed by atoms with van der Waals surface area (Å²) in [5.74, 6) is -0.253. The zero-order chi connectivity index (χ0) is 10.7. The Balaban J connectivity index is 1.96. The summed E-state index contributed by atoms with van der Waals surface area (Å²) >= 11 is 0. The smallest absolute Gasteiger partial charge is 0.304 e. The van der Waals surface area contributed by atoms with Crippen LogP contribution in [0, 0.1) is 0 Å². The van der Waals surface area contributed by atoms with Crippen LogP contribution in [0.15, 0.2) is 30.3 Å². The molecule has 1 aliphatic rings. The molecule has 1 fully saturated rings. The number of hydrogen-bond donors (Lipinski definition) is 2. The predicted octanol–water partition coefficient (Wildman–Crippen LogP) is 1.61. The molecule has 0 aromatic heterocycles. The van der Waals surface area contributed by atoms with Crippen LogP contribution >= 0.6 is 0 Å². The van der Waals surface area contributed by atoms with Crippen LogP contribution in [-0.2, 0) is 4.79 Å². The number of benzene rings is 1. The van der Waals surface area contributed by atoms with Gasteiger partial charge in [0.05, 0.1) is 6.42 Å². The van der Waals surface area contributed by atoms with Crippen molar-refractivity contribution in [1.29, 1.82) is 0 Å². The van der Waals surface area contributed by atoms with E-state index in [9.17, 15) is 4.79 Å². The predicted molar refractivity (Wildman–Crippen MR) is 57.8 cm³/mol. The van der Waals surface area contributed by atoms with Crippen molar-refractivity contribution in [1.82, 2.24) is 5.32 Å². The van der Waals surface area contributed by atoms with Crippen molar-refractivity contribution < 1.29 is 9.90 Å². The van der Waals surface area contributed by atoms with Gasteiger partial charge in [-0.2, -0.15) is 0 Å². The fraction of sp³-hybridized carbons (Fsp3) is 0.417. The Hall–Kier alpha value is -1.35. The van der Waals surface area contributed by atoms with Gasteiger partial charge in [-0.15, -0.1) is 0 Å². The molecule has 3 nitrogen and oxygen atoms in total. The molecular weight excluding hydrogens is 190 g/mol. The van der Waals surface area contributed by atoms with Crippen LogP contribution in [0.1, 0.15) is 24.3 Å². The maximum absolute atomic E-state index is 10.6. The van der Waals surface area contributed by atoms with Gasteiger partial charge < -0.3 is 10.4 Å². The Labute approximate surface area is 89.1 Å². The quantitative estimate of drug-likeness (QED) is 0.788. The topological polar surface area (TPSA) is 49.3 Å². The summed E-state index contributed by atoms with van der Waals surface area (Å²) < 4.78 is 0. The van der Waals surface area contributed by atoms with Crippen LogP contribution in [0.2, 0.25) is 0 Å². The van der Waals surface area contributed by atoms with Crippen molar-refractivity contribution in [2.45, 2.75) is 24.8 Å². The maximum Gasteiger partial charge on any atom is 0.304 e. The SMILES string of the molecule is O=C(O)C[C@@H]1C[C@@H](c2ccccc2)CN1. The van der Waals surface area contributed by atoms with Gasteiger partial charge >= 0.3 is 5.97 Å². The van der Waals surface area contributed by atoms with Gasteiger partial charge in [-0.05, 0) is 17.9 Å². The molecule has 2 rings (SSSR count). The molecule has 0 unspecified atom stereocenters. The molecule has 1 saturated heterocycles. The van der Waals surface area contributed by atoms with Crippen molar-refractivity contribution in [3.63, 3.8) is 0 Å². The van der Waals surface area contributed by atoms with Crippen LogP contribution < -0.4 is 5.32 Å². The van der Waals surface area contributed by atoms with Crippen LogP contribution in [0.3, 0.4) is 0 Å². The molecule has 0 amide bonds. The molecule has 0 spiro atoms. The summed E-state index contributed by atoms with van der Waals surface area (Å²) in [6, 6.07) is 10.4. The highest BCUT2D eigenvalue weighted by atomic mass is 16.4. The minimum absolute atomic E-state index is 0.132. The Bertz CT molecular complexity index is 337. The lowest BCUT2D eigenvalue weighted by molar-refractivity contribution is -0.137. The Kier molecular flexibility index (Phi) is 3.02. The highest BCUT2D eigenvalue weighted by Gasteiger charge is 2.26. The molecular formula is C12H15NO2. The number of aliphatic carboxylic acids is 1. The lowest BCUT2D eigenvalue weighted by Crippen LogP contribution is -2.24. The average molecular weight is 205 g/mol. The van der Waals surface area contributed by atoms with Gasteiger partial charge in [-0.3, -0.25) is 4.79 Å². The molecule has 15 heavy (non-hydrogen) atoms. The molecule has 2 atom stereocenters. The second kappa shape index (κ2) is 4.45. The molecule has 0 saturated carbocycles. The van der Waals surface area contributed by atoms with E-state index in [2.05, 4.69) is 17.4 Å². The first kappa shape index (κ1) is 10.2. The Morgan fingerprint density at radius 2 is 2.13 bits per heavy atom. The number of hydrogen-bond acceptors (Lipinski definition) is 2. The fourth-order valence-corrected chi connectivity index (χ4v) is 2.16. The van der Waals surface area contributed by atoms with Crippen LogP contribution in [0.4, 0.5) is 0 Å². The summed E-state index contributed by atoms with van der Waals surface area (Å²) in [4.78, 5) is 10.6. The summed E-state index contributed by atoms with van der Waals surface area (Å²) in [5.41, 5.74) is 1.30. The van der Waals surface area contributed by atoms with Gasteiger partial charge in [-0.25, -0.2) is 0 Å². The van der Waals surface area contributed by atoms with Gasteiger partial charge in [0.25, 0.3) is 0 Å². The first-order valence-corrected chi connectivity index (χ1v) is 5.26. The van der Waals surface area contributed by atoms with E-state index in [1.165, 1.54) is 5.56 Å². The standard InChI is InChI=1S/C12H15NO2/c14-12(15)7-11-6-10(8-13-11)9-4-2-1-3-5-9/h1-5,10-11,13H,6-8H2,(H,14,15)/t10-,11+/m1/s1. The van der Waals surface area contributed by atoms with E-state index in [-0.39, 0.29) is 12.5 Å². The number of rotatable bonds is 3. The minimum Gasteiger partial charge on any atom is -0.481 e. The van der Waals surface area contributed by atoms with Crippen molar-refractivity contribution in [2.75, 3.05) is 6.54 Å². The van der Waals surface area contributed by atoms with E-state index in [1.54, 1.807) is 0 Å². The monoisotopic (exact) mass is 205 g/mol. The molecule has 1 aliphatic heterocycles. The molecule has 0 radical (unpaired) electrons. The van der Waals surface area contributed by atoms with E-state index in [1.807, 2.05) is 18.2 Å². The lowest BCUT2D eigenvalue weighted by Gasteiger charge is -2.08. The van der Waals surface area contributed by atoms with Crippen molar-refractivity contribution in [3.8, 4) is 0 Å². The van der Waals surface area contributed by atoms with E-state index in [0.717, 1.165) is 13.0 Å². The van der Waals surface area contributed by atoms with Crippen molar-refractivity contribution in [3.05, 3.63) is 35.9 Å². The number of carboxylic acids is 1. The summed E-state index contributed by atoms with van der Waals surface area (Å²) in [7, 11) is 0. The molecule has 1 heterocycles. The molecule has 0 bridgehead atoms. The zero-order valence-electron chi connectivity index (χ0n) is 8.52. The maximum atomic E-state index is 10.6. The van der Waals surface area contributed by atoms with E-state index < -0.39 is 5.97 Å². The normalized spacial score (nSPS) is 25.3. The molecule has 0 aliphatic carbocycles. The number of carbonyl (C=O) groups is 1. The van der Waals surface area contributed by atoms with Crippen molar-refractivity contribution in [2.24, 2.45) is 0 Å². The fourth-order valence-electron chi connectivity index (χ4n) is 2.16. The molecule has 1 aromatic carbocycles. The minimum atomic E-state index is -0.721. The highest BCUT2D eigenvalue weighted by molar-refractivity contribution is 5.67. The van der Waals surface area contributed by atoms with Gasteiger partial charge in [-0.1, -0.05) is 30.3 Å². The molecule has 2 N–H and O–H groups in total. The third kappa shape index (κ3) is 2.57. The molecule has 3 heteroatoms. The third-order valence-electron chi connectivity index (χ3n) is 2.91. The molecule has 80 valence electrons. The third-order valence-corrected chi connectivity index (χ3v) is 2.91. The van der Waals surface area contributed by atoms with E-state index >= 15 is 0 Å². The second-order valence-corrected chi connectivity index (χ2v) is 4.05.